The maximum Gasteiger partial charge on any atom is 0.416 e. The van der Waals surface area contributed by atoms with Gasteiger partial charge in [-0.15, -0.1) is 0 Å². The van der Waals surface area contributed by atoms with E-state index in [1.165, 1.54) is 11.0 Å². The zero-order valence-corrected chi connectivity index (χ0v) is 18.1. The smallest absolute Gasteiger partial charge is 0.372 e. The van der Waals surface area contributed by atoms with Crippen molar-refractivity contribution in [3.8, 4) is 11.3 Å². The minimum atomic E-state index is -4.45. The number of hydrogen-bond donors (Lipinski definition) is 2. The molecule has 1 aromatic heterocycles. The number of pyridine rings is 1. The summed E-state index contributed by atoms with van der Waals surface area (Å²) < 4.78 is 39.6. The number of halogens is 3. The van der Waals surface area contributed by atoms with Crippen LogP contribution in [0.1, 0.15) is 17.5 Å². The molecule has 3 N–H and O–H groups in total. The molecule has 0 fully saturated rings. The third-order valence-corrected chi connectivity index (χ3v) is 5.57. The summed E-state index contributed by atoms with van der Waals surface area (Å²) in [5.74, 6) is 0.404. The quantitative estimate of drug-likeness (QED) is 0.576. The second-order valence-electron chi connectivity index (χ2n) is 7.88. The van der Waals surface area contributed by atoms with Crippen molar-refractivity contribution in [2.75, 3.05) is 35.3 Å². The number of nitrogens with one attached hydrogen (secondary N) is 1. The van der Waals surface area contributed by atoms with Gasteiger partial charge in [-0.05, 0) is 48.4 Å². The molecular formula is C24H24F3N5O. The number of anilines is 3. The van der Waals surface area contributed by atoms with Crippen molar-refractivity contribution in [3.05, 3.63) is 71.8 Å². The molecule has 0 saturated heterocycles. The Morgan fingerprint density at radius 3 is 2.55 bits per heavy atom. The fraction of sp³-hybridized carbons (Fsp3) is 0.250. The fourth-order valence-electron chi connectivity index (χ4n) is 3.76. The van der Waals surface area contributed by atoms with Gasteiger partial charge in [-0.2, -0.15) is 13.2 Å². The molecular weight excluding hydrogens is 431 g/mol. The minimum absolute atomic E-state index is 0.331. The van der Waals surface area contributed by atoms with Crippen molar-refractivity contribution in [2.45, 2.75) is 19.1 Å². The minimum Gasteiger partial charge on any atom is -0.372 e. The predicted molar refractivity (Wildman–Crippen MR) is 123 cm³/mol. The number of alkyl halides is 3. The Bertz CT molecular complexity index is 1150. The third-order valence-electron chi connectivity index (χ3n) is 5.57. The first kappa shape index (κ1) is 22.6. The molecule has 0 bridgehead atoms. The number of hydrogen-bond acceptors (Lipinski definition) is 4. The second kappa shape index (κ2) is 9.11. The molecule has 2 aromatic carbocycles. The van der Waals surface area contributed by atoms with Gasteiger partial charge in [-0.25, -0.2) is 9.78 Å². The van der Waals surface area contributed by atoms with Crippen molar-refractivity contribution < 1.29 is 18.0 Å². The van der Waals surface area contributed by atoms with Crippen LogP contribution < -0.4 is 20.9 Å². The van der Waals surface area contributed by atoms with E-state index < -0.39 is 11.7 Å². The fourth-order valence-corrected chi connectivity index (χ4v) is 3.76. The van der Waals surface area contributed by atoms with Gasteiger partial charge in [0.15, 0.2) is 5.82 Å². The van der Waals surface area contributed by atoms with Crippen LogP contribution in [-0.2, 0) is 12.7 Å². The van der Waals surface area contributed by atoms with Crippen LogP contribution in [0.5, 0.6) is 0 Å². The zero-order valence-electron chi connectivity index (χ0n) is 18.1. The molecule has 2 heterocycles. The van der Waals surface area contributed by atoms with Gasteiger partial charge in [0.1, 0.15) is 0 Å². The molecule has 0 spiro atoms. The summed E-state index contributed by atoms with van der Waals surface area (Å²) in [6.07, 6.45) is -3.74. The van der Waals surface area contributed by atoms with Crippen LogP contribution in [0.4, 0.5) is 35.2 Å². The molecule has 33 heavy (non-hydrogen) atoms. The lowest BCUT2D eigenvalue weighted by Crippen LogP contribution is -2.36. The Morgan fingerprint density at radius 1 is 1.09 bits per heavy atom. The van der Waals surface area contributed by atoms with Gasteiger partial charge in [0.2, 0.25) is 0 Å². The van der Waals surface area contributed by atoms with E-state index in [-0.39, 0.29) is 6.03 Å². The van der Waals surface area contributed by atoms with Crippen LogP contribution in [0.15, 0.2) is 60.7 Å². The molecule has 2 amide bonds. The van der Waals surface area contributed by atoms with Gasteiger partial charge in [-0.3, -0.25) is 4.90 Å². The highest BCUT2D eigenvalue weighted by molar-refractivity contribution is 6.03. The van der Waals surface area contributed by atoms with E-state index >= 15 is 0 Å². The Kier molecular flexibility index (Phi) is 6.24. The first-order valence-corrected chi connectivity index (χ1v) is 10.5. The third kappa shape index (κ3) is 4.93. The van der Waals surface area contributed by atoms with E-state index in [1.54, 1.807) is 30.3 Å². The number of carbonyl (C=O) groups excluding carboxylic acids is 1. The molecule has 1 aliphatic heterocycles. The average Bonchev–Trinajstić information content (AvgIpc) is 2.97. The van der Waals surface area contributed by atoms with E-state index in [1.807, 2.05) is 24.1 Å². The van der Waals surface area contributed by atoms with Crippen LogP contribution in [0.3, 0.4) is 0 Å². The molecule has 6 nitrogen and oxygen atoms in total. The number of fused-ring (bicyclic) bond motifs is 1. The molecule has 9 heteroatoms. The summed E-state index contributed by atoms with van der Waals surface area (Å²) in [5, 5.41) is 2.87. The molecule has 1 aliphatic rings. The van der Waals surface area contributed by atoms with Crippen LogP contribution in [0.25, 0.3) is 11.3 Å². The van der Waals surface area contributed by atoms with Crippen molar-refractivity contribution in [2.24, 2.45) is 5.73 Å². The largest absolute Gasteiger partial charge is 0.416 e. The monoisotopic (exact) mass is 455 g/mol. The van der Waals surface area contributed by atoms with Crippen molar-refractivity contribution in [3.63, 3.8) is 0 Å². The maximum atomic E-state index is 13.2. The number of nitrogens with two attached hydrogens (primary N) is 1. The summed E-state index contributed by atoms with van der Waals surface area (Å²) >= 11 is 0. The van der Waals surface area contributed by atoms with Crippen LogP contribution in [-0.4, -0.2) is 31.2 Å². The second-order valence-corrected chi connectivity index (χ2v) is 7.88. The predicted octanol–water partition coefficient (Wildman–Crippen LogP) is 5.10. The van der Waals surface area contributed by atoms with E-state index in [9.17, 15) is 18.0 Å². The van der Waals surface area contributed by atoms with Crippen molar-refractivity contribution in [1.29, 1.82) is 0 Å². The first-order valence-electron chi connectivity index (χ1n) is 10.5. The van der Waals surface area contributed by atoms with Gasteiger partial charge < -0.3 is 16.0 Å². The zero-order chi connectivity index (χ0) is 23.6. The normalized spacial score (nSPS) is 14.0. The lowest BCUT2D eigenvalue weighted by atomic mass is 10.1. The van der Waals surface area contributed by atoms with Crippen LogP contribution >= 0.6 is 0 Å². The van der Waals surface area contributed by atoms with Crippen molar-refractivity contribution >= 4 is 23.2 Å². The first-order chi connectivity index (χ1) is 15.8. The average molecular weight is 455 g/mol. The number of nitrogens with zero attached hydrogens (tertiary/aromatic N) is 3. The lowest BCUT2D eigenvalue weighted by molar-refractivity contribution is -0.137. The maximum absolute atomic E-state index is 13.2. The SMILES string of the molecule is CN1CCCN(C(=O)Nc2ccc(CN)cc2)c2nc(-c3cccc(C(F)(F)F)c3)ccc21. The van der Waals surface area contributed by atoms with E-state index in [0.717, 1.165) is 23.4 Å². The van der Waals surface area contributed by atoms with Crippen LogP contribution in [0.2, 0.25) is 0 Å². The van der Waals surface area contributed by atoms with Crippen LogP contribution in [0, 0.1) is 0 Å². The summed E-state index contributed by atoms with van der Waals surface area (Å²) in [6.45, 7) is 1.54. The highest BCUT2D eigenvalue weighted by atomic mass is 19.4. The molecule has 4 rings (SSSR count). The van der Waals surface area contributed by atoms with Gasteiger partial charge in [0, 0.05) is 37.9 Å². The Balaban J connectivity index is 1.69. The number of amides is 2. The summed E-state index contributed by atoms with van der Waals surface area (Å²) in [4.78, 5) is 21.3. The number of rotatable bonds is 3. The highest BCUT2D eigenvalue weighted by Crippen LogP contribution is 2.35. The molecule has 0 aliphatic carbocycles. The summed E-state index contributed by atoms with van der Waals surface area (Å²) in [6, 6.07) is 15.4. The van der Waals surface area contributed by atoms with Gasteiger partial charge in [-0.1, -0.05) is 24.3 Å². The molecule has 0 saturated carbocycles. The topological polar surface area (TPSA) is 74.5 Å². The lowest BCUT2D eigenvalue weighted by Gasteiger charge is -2.24. The van der Waals surface area contributed by atoms with E-state index in [0.29, 0.717) is 48.8 Å². The Hall–Kier alpha value is -3.59. The molecule has 0 unspecified atom stereocenters. The Labute approximate surface area is 189 Å². The van der Waals surface area contributed by atoms with Gasteiger partial charge >= 0.3 is 12.2 Å². The van der Waals surface area contributed by atoms with E-state index in [4.69, 9.17) is 5.73 Å². The number of benzene rings is 2. The summed E-state index contributed by atoms with van der Waals surface area (Å²) in [5.41, 5.74) is 7.87. The molecule has 0 radical (unpaired) electrons. The van der Waals surface area contributed by atoms with Crippen molar-refractivity contribution in [1.82, 2.24) is 4.98 Å². The summed E-state index contributed by atoms with van der Waals surface area (Å²) in [7, 11) is 1.90. The Morgan fingerprint density at radius 2 is 1.85 bits per heavy atom. The van der Waals surface area contributed by atoms with Gasteiger partial charge in [0.25, 0.3) is 0 Å². The van der Waals surface area contributed by atoms with Gasteiger partial charge in [0.05, 0.1) is 16.9 Å². The standard InChI is InChI=1S/C24H24F3N5O/c1-31-12-3-13-32(23(33)29-19-8-6-16(15-28)7-9-19)22-21(31)11-10-20(30-22)17-4-2-5-18(14-17)24(25,26)27/h2,4-11,14H,3,12-13,15,28H2,1H3,(H,29,33). The number of aromatic nitrogens is 1. The molecule has 0 atom stereocenters. The molecule has 172 valence electrons. The number of carbonyl (C=O) groups is 1. The highest BCUT2D eigenvalue weighted by Gasteiger charge is 2.31. The number of urea groups is 1. The molecule has 3 aromatic rings. The van der Waals surface area contributed by atoms with E-state index in [2.05, 4.69) is 10.3 Å².